The number of carbonyl (C=O) groups is 3. The molecule has 1 fully saturated rings. The average Bonchev–Trinajstić information content (AvgIpc) is 3.10. The maximum absolute atomic E-state index is 12.2. The van der Waals surface area contributed by atoms with Gasteiger partial charge >= 0.3 is 0 Å². The van der Waals surface area contributed by atoms with Crippen molar-refractivity contribution in [1.82, 2.24) is 19.7 Å². The molecule has 0 aliphatic carbocycles. The molecule has 0 radical (unpaired) electrons. The Labute approximate surface area is 152 Å². The molecular weight excluding hydrogens is 332 g/mol. The number of rotatable bonds is 6. The van der Waals surface area contributed by atoms with Gasteiger partial charge in [-0.3, -0.25) is 19.3 Å². The maximum Gasteiger partial charge on any atom is 0.240 e. The van der Waals surface area contributed by atoms with Gasteiger partial charge in [-0.25, -0.2) is 0 Å². The van der Waals surface area contributed by atoms with Crippen molar-refractivity contribution in [3.8, 4) is 0 Å². The highest BCUT2D eigenvalue weighted by molar-refractivity contribution is 6.04. The van der Waals surface area contributed by atoms with Crippen LogP contribution >= 0.6 is 0 Å². The first-order valence-electron chi connectivity index (χ1n) is 8.68. The number of nitrogens with one attached hydrogen (secondary N) is 1. The minimum Gasteiger partial charge on any atom is -0.353 e. The van der Waals surface area contributed by atoms with E-state index in [2.05, 4.69) is 28.2 Å². The molecule has 138 valence electrons. The molecule has 1 N–H and O–H groups in total. The minimum absolute atomic E-state index is 0.0185. The number of hydrogen-bond acceptors (Lipinski definition) is 4. The molecule has 1 aromatic heterocycles. The van der Waals surface area contributed by atoms with Gasteiger partial charge in [0.05, 0.1) is 6.04 Å². The normalized spacial score (nSPS) is 15.9. The van der Waals surface area contributed by atoms with Crippen molar-refractivity contribution in [2.24, 2.45) is 7.05 Å². The van der Waals surface area contributed by atoms with E-state index in [0.717, 1.165) is 21.4 Å². The molecule has 1 aliphatic rings. The number of amides is 3. The fourth-order valence-corrected chi connectivity index (χ4v) is 3.42. The van der Waals surface area contributed by atoms with Crippen LogP contribution in [-0.4, -0.2) is 59.3 Å². The molecule has 2 heterocycles. The molecule has 1 aliphatic heterocycles. The van der Waals surface area contributed by atoms with Crippen molar-refractivity contribution >= 4 is 28.6 Å². The summed E-state index contributed by atoms with van der Waals surface area (Å²) in [5, 5.41) is 4.01. The Balaban J connectivity index is 1.72. The number of likely N-dealkylation sites (N-methyl/N-ethyl adjacent to an activating group) is 1. The summed E-state index contributed by atoms with van der Waals surface area (Å²) in [5.41, 5.74) is 2.26. The number of hydrogen-bond donors (Lipinski definition) is 1. The van der Waals surface area contributed by atoms with Crippen LogP contribution in [0.15, 0.2) is 30.5 Å². The van der Waals surface area contributed by atoms with Crippen molar-refractivity contribution in [3.63, 3.8) is 0 Å². The van der Waals surface area contributed by atoms with Crippen LogP contribution in [0.25, 0.3) is 10.9 Å². The molecule has 3 rings (SSSR count). The predicted molar refractivity (Wildman–Crippen MR) is 98.3 cm³/mol. The second kappa shape index (κ2) is 7.29. The van der Waals surface area contributed by atoms with Gasteiger partial charge in [0, 0.05) is 43.5 Å². The van der Waals surface area contributed by atoms with Crippen molar-refractivity contribution < 1.29 is 14.4 Å². The number of fused-ring (bicyclic) bond motifs is 1. The van der Waals surface area contributed by atoms with Gasteiger partial charge in [0.25, 0.3) is 0 Å². The lowest BCUT2D eigenvalue weighted by atomic mass is 10.0. The van der Waals surface area contributed by atoms with Crippen molar-refractivity contribution in [2.75, 3.05) is 27.2 Å². The molecule has 1 atom stereocenters. The highest BCUT2D eigenvalue weighted by atomic mass is 16.2. The number of aryl methyl sites for hydroxylation is 1. The second-order valence-electron chi connectivity index (χ2n) is 6.87. The van der Waals surface area contributed by atoms with Crippen LogP contribution in [0.5, 0.6) is 0 Å². The monoisotopic (exact) mass is 356 g/mol. The van der Waals surface area contributed by atoms with E-state index in [9.17, 15) is 14.4 Å². The Morgan fingerprint density at radius 2 is 1.85 bits per heavy atom. The molecule has 0 spiro atoms. The third-order valence-electron chi connectivity index (χ3n) is 4.86. The van der Waals surface area contributed by atoms with Crippen molar-refractivity contribution in [2.45, 2.75) is 18.9 Å². The molecule has 1 aromatic carbocycles. The third kappa shape index (κ3) is 3.48. The van der Waals surface area contributed by atoms with E-state index in [1.54, 1.807) is 0 Å². The predicted octanol–water partition coefficient (Wildman–Crippen LogP) is 1.05. The van der Waals surface area contributed by atoms with Gasteiger partial charge in [-0.1, -0.05) is 18.2 Å². The number of benzene rings is 1. The number of para-hydroxylation sites is 1. The lowest BCUT2D eigenvalue weighted by Gasteiger charge is -2.25. The molecule has 7 heteroatoms. The maximum atomic E-state index is 12.2. The van der Waals surface area contributed by atoms with E-state index in [0.29, 0.717) is 6.54 Å². The van der Waals surface area contributed by atoms with Crippen molar-refractivity contribution in [3.05, 3.63) is 36.0 Å². The summed E-state index contributed by atoms with van der Waals surface area (Å²) in [6.45, 7) is 0.198. The summed E-state index contributed by atoms with van der Waals surface area (Å²) in [6, 6.07) is 8.12. The van der Waals surface area contributed by atoms with Crippen LogP contribution in [0.2, 0.25) is 0 Å². The van der Waals surface area contributed by atoms with Gasteiger partial charge in [-0.15, -0.1) is 0 Å². The van der Waals surface area contributed by atoms with Crippen LogP contribution in [0.3, 0.4) is 0 Å². The zero-order valence-electron chi connectivity index (χ0n) is 15.4. The fraction of sp³-hybridized carbons (Fsp3) is 0.421. The van der Waals surface area contributed by atoms with E-state index < -0.39 is 0 Å². The number of nitrogens with zero attached hydrogens (tertiary/aromatic N) is 3. The first kappa shape index (κ1) is 18.1. The third-order valence-corrected chi connectivity index (χ3v) is 4.86. The Kier molecular flexibility index (Phi) is 5.08. The molecule has 3 amide bonds. The minimum atomic E-state index is -0.319. The fourth-order valence-electron chi connectivity index (χ4n) is 3.42. The number of carbonyl (C=O) groups excluding carboxylic acids is 3. The van der Waals surface area contributed by atoms with E-state index >= 15 is 0 Å². The second-order valence-corrected chi connectivity index (χ2v) is 6.87. The first-order chi connectivity index (χ1) is 12.4. The van der Waals surface area contributed by atoms with Gasteiger partial charge in [-0.05, 0) is 25.7 Å². The molecule has 26 heavy (non-hydrogen) atoms. The van der Waals surface area contributed by atoms with Crippen LogP contribution in [0.1, 0.15) is 24.4 Å². The van der Waals surface area contributed by atoms with Gasteiger partial charge in [-0.2, -0.15) is 0 Å². The molecule has 2 aromatic rings. The molecule has 7 nitrogen and oxygen atoms in total. The Morgan fingerprint density at radius 1 is 1.19 bits per heavy atom. The summed E-state index contributed by atoms with van der Waals surface area (Å²) in [6.07, 6.45) is 2.47. The Morgan fingerprint density at radius 3 is 2.50 bits per heavy atom. The Hall–Kier alpha value is -2.67. The van der Waals surface area contributed by atoms with Crippen LogP contribution in [0.4, 0.5) is 0 Å². The highest BCUT2D eigenvalue weighted by Crippen LogP contribution is 2.28. The molecular formula is C19H24N4O3. The largest absolute Gasteiger partial charge is 0.353 e. The molecule has 0 unspecified atom stereocenters. The van der Waals surface area contributed by atoms with E-state index in [-0.39, 0.29) is 43.1 Å². The van der Waals surface area contributed by atoms with Crippen molar-refractivity contribution in [1.29, 1.82) is 0 Å². The topological polar surface area (TPSA) is 74.7 Å². The van der Waals surface area contributed by atoms with Crippen LogP contribution < -0.4 is 5.32 Å². The number of imide groups is 1. The SMILES string of the molecule is CN(C)[C@H](CNC(=O)CN1C(=O)CCC1=O)c1cn(C)c2ccccc12. The summed E-state index contributed by atoms with van der Waals surface area (Å²) >= 11 is 0. The highest BCUT2D eigenvalue weighted by Gasteiger charge is 2.30. The Bertz CT molecular complexity index is 840. The molecule has 0 saturated carbocycles. The zero-order chi connectivity index (χ0) is 18.8. The van der Waals surface area contributed by atoms with E-state index in [1.807, 2.05) is 38.2 Å². The van der Waals surface area contributed by atoms with E-state index in [1.165, 1.54) is 0 Å². The van der Waals surface area contributed by atoms with Gasteiger partial charge in [0.15, 0.2) is 0 Å². The number of aromatic nitrogens is 1. The standard InChI is InChI=1S/C19H24N4O3/c1-21(2)16(14-11-22(3)15-7-5-4-6-13(14)15)10-20-17(24)12-23-18(25)8-9-19(23)26/h4-7,11,16H,8-10,12H2,1-3H3,(H,20,24)/t16-/m1/s1. The van der Waals surface area contributed by atoms with Gasteiger partial charge < -0.3 is 14.8 Å². The van der Waals surface area contributed by atoms with E-state index in [4.69, 9.17) is 0 Å². The lowest BCUT2D eigenvalue weighted by molar-refractivity contribution is -0.142. The first-order valence-corrected chi connectivity index (χ1v) is 8.68. The summed E-state index contributed by atoms with van der Waals surface area (Å²) in [4.78, 5) is 38.6. The van der Waals surface area contributed by atoms with Gasteiger partial charge in [0.2, 0.25) is 17.7 Å². The number of likely N-dealkylation sites (tertiary alicyclic amines) is 1. The summed E-state index contributed by atoms with van der Waals surface area (Å²) in [7, 11) is 5.93. The lowest BCUT2D eigenvalue weighted by Crippen LogP contribution is -2.42. The summed E-state index contributed by atoms with van der Waals surface area (Å²) in [5.74, 6) is -0.868. The quantitative estimate of drug-likeness (QED) is 0.785. The van der Waals surface area contributed by atoms with Crippen LogP contribution in [-0.2, 0) is 21.4 Å². The molecule has 1 saturated heterocycles. The van der Waals surface area contributed by atoms with Gasteiger partial charge in [0.1, 0.15) is 6.54 Å². The zero-order valence-corrected chi connectivity index (χ0v) is 15.4. The summed E-state index contributed by atoms with van der Waals surface area (Å²) < 4.78 is 2.07. The molecule has 0 bridgehead atoms. The average molecular weight is 356 g/mol. The smallest absolute Gasteiger partial charge is 0.240 e. The van der Waals surface area contributed by atoms with Crippen LogP contribution in [0, 0.1) is 0 Å².